The number of hydrogen-bond donors (Lipinski definition) is 2. The van der Waals surface area contributed by atoms with Gasteiger partial charge in [0.15, 0.2) is 0 Å². The van der Waals surface area contributed by atoms with Gasteiger partial charge >= 0.3 is 6.03 Å². The Hall–Kier alpha value is -0.770. The van der Waals surface area contributed by atoms with Crippen LogP contribution < -0.4 is 10.6 Å². The maximum atomic E-state index is 11.5. The molecule has 2 N–H and O–H groups in total. The SMILES string of the molecule is CC1CCCC(NC(=O)NC(=O)CCCl)CC1. The molecule has 1 aliphatic carbocycles. The lowest BCUT2D eigenvalue weighted by atomic mass is 10.0. The topological polar surface area (TPSA) is 58.2 Å². The van der Waals surface area contributed by atoms with Crippen LogP contribution in [0.25, 0.3) is 0 Å². The molecule has 0 saturated heterocycles. The zero-order valence-corrected chi connectivity index (χ0v) is 11.1. The number of amides is 3. The highest BCUT2D eigenvalue weighted by atomic mass is 35.5. The van der Waals surface area contributed by atoms with Gasteiger partial charge in [0.25, 0.3) is 0 Å². The molecule has 0 aromatic heterocycles. The number of carbonyl (C=O) groups is 2. The summed E-state index contributed by atoms with van der Waals surface area (Å²) in [6.45, 7) is 2.24. The van der Waals surface area contributed by atoms with Gasteiger partial charge in [0.05, 0.1) is 0 Å². The summed E-state index contributed by atoms with van der Waals surface area (Å²) in [7, 11) is 0. The maximum absolute atomic E-state index is 11.5. The molecule has 0 aromatic rings. The zero-order chi connectivity index (χ0) is 12.7. The van der Waals surface area contributed by atoms with Crippen LogP contribution >= 0.6 is 11.6 Å². The van der Waals surface area contributed by atoms with Crippen LogP contribution in [0.3, 0.4) is 0 Å². The van der Waals surface area contributed by atoms with E-state index in [0.29, 0.717) is 0 Å². The first-order chi connectivity index (χ1) is 8.11. The van der Waals surface area contributed by atoms with Gasteiger partial charge in [0, 0.05) is 18.3 Å². The Morgan fingerprint density at radius 1 is 1.24 bits per heavy atom. The van der Waals surface area contributed by atoms with E-state index >= 15 is 0 Å². The predicted molar refractivity (Wildman–Crippen MR) is 68.0 cm³/mol. The number of halogens is 1. The summed E-state index contributed by atoms with van der Waals surface area (Å²) in [5.41, 5.74) is 0. The standard InChI is InChI=1S/C12H21ClN2O2/c1-9-3-2-4-10(6-5-9)14-12(17)15-11(16)7-8-13/h9-10H,2-8H2,1H3,(H2,14,15,16,17). The predicted octanol–water partition coefficient (Wildman–Crippen LogP) is 2.41. The summed E-state index contributed by atoms with van der Waals surface area (Å²) in [6, 6.07) is -0.191. The van der Waals surface area contributed by atoms with Crippen molar-refractivity contribution in [3.05, 3.63) is 0 Å². The van der Waals surface area contributed by atoms with E-state index in [0.717, 1.165) is 31.6 Å². The van der Waals surface area contributed by atoms with Crippen LogP contribution in [0.4, 0.5) is 4.79 Å². The number of urea groups is 1. The first-order valence-corrected chi connectivity index (χ1v) is 6.81. The molecule has 1 rings (SSSR count). The number of alkyl halides is 1. The molecule has 5 heteroatoms. The Labute approximate surface area is 107 Å². The number of rotatable bonds is 3. The number of imide groups is 1. The quantitative estimate of drug-likeness (QED) is 0.605. The minimum Gasteiger partial charge on any atom is -0.335 e. The third-order valence-corrected chi connectivity index (χ3v) is 3.36. The minimum absolute atomic E-state index is 0.177. The van der Waals surface area contributed by atoms with E-state index in [2.05, 4.69) is 17.6 Å². The molecule has 1 fully saturated rings. The van der Waals surface area contributed by atoms with E-state index in [1.165, 1.54) is 6.42 Å². The fraction of sp³-hybridized carbons (Fsp3) is 0.833. The maximum Gasteiger partial charge on any atom is 0.321 e. The molecule has 0 bridgehead atoms. The lowest BCUT2D eigenvalue weighted by Crippen LogP contribution is -2.44. The molecule has 17 heavy (non-hydrogen) atoms. The van der Waals surface area contributed by atoms with Gasteiger partial charge in [-0.05, 0) is 25.2 Å². The second kappa shape index (κ2) is 7.54. The molecule has 1 saturated carbocycles. The van der Waals surface area contributed by atoms with Crippen LogP contribution in [-0.4, -0.2) is 23.9 Å². The number of nitrogens with one attached hydrogen (secondary N) is 2. The van der Waals surface area contributed by atoms with E-state index in [9.17, 15) is 9.59 Å². The van der Waals surface area contributed by atoms with Crippen molar-refractivity contribution in [2.75, 3.05) is 5.88 Å². The molecule has 4 nitrogen and oxygen atoms in total. The third kappa shape index (κ3) is 5.91. The Kier molecular flexibility index (Phi) is 6.34. The van der Waals surface area contributed by atoms with Crippen molar-refractivity contribution in [1.29, 1.82) is 0 Å². The van der Waals surface area contributed by atoms with Gasteiger partial charge in [0.1, 0.15) is 0 Å². The van der Waals surface area contributed by atoms with Crippen LogP contribution in [0.2, 0.25) is 0 Å². The molecule has 0 aromatic carbocycles. The van der Waals surface area contributed by atoms with E-state index in [-0.39, 0.29) is 30.3 Å². The number of hydrogen-bond acceptors (Lipinski definition) is 2. The van der Waals surface area contributed by atoms with Crippen LogP contribution in [0, 0.1) is 5.92 Å². The van der Waals surface area contributed by atoms with Crippen molar-refractivity contribution >= 4 is 23.5 Å². The lowest BCUT2D eigenvalue weighted by molar-refractivity contribution is -0.119. The summed E-state index contributed by atoms with van der Waals surface area (Å²) in [5, 5.41) is 5.14. The van der Waals surface area contributed by atoms with Gasteiger partial charge < -0.3 is 5.32 Å². The largest absolute Gasteiger partial charge is 0.335 e. The molecule has 2 unspecified atom stereocenters. The highest BCUT2D eigenvalue weighted by molar-refractivity contribution is 6.19. The average molecular weight is 261 g/mol. The fourth-order valence-corrected chi connectivity index (χ4v) is 2.30. The molecule has 0 radical (unpaired) electrons. The molecule has 2 atom stereocenters. The van der Waals surface area contributed by atoms with Gasteiger partial charge in [-0.3, -0.25) is 10.1 Å². The van der Waals surface area contributed by atoms with Crippen molar-refractivity contribution in [3.63, 3.8) is 0 Å². The molecule has 1 aliphatic rings. The van der Waals surface area contributed by atoms with Crippen molar-refractivity contribution in [2.45, 2.75) is 51.5 Å². The van der Waals surface area contributed by atoms with E-state index in [1.807, 2.05) is 0 Å². The molecular formula is C12H21ClN2O2. The van der Waals surface area contributed by atoms with Gasteiger partial charge in [-0.1, -0.05) is 19.8 Å². The monoisotopic (exact) mass is 260 g/mol. The van der Waals surface area contributed by atoms with Crippen LogP contribution in [0.1, 0.15) is 45.4 Å². The van der Waals surface area contributed by atoms with E-state index in [1.54, 1.807) is 0 Å². The van der Waals surface area contributed by atoms with Gasteiger partial charge in [-0.2, -0.15) is 0 Å². The molecule has 0 heterocycles. The smallest absolute Gasteiger partial charge is 0.321 e. The van der Waals surface area contributed by atoms with Crippen molar-refractivity contribution in [1.82, 2.24) is 10.6 Å². The summed E-state index contributed by atoms with van der Waals surface area (Å²) in [4.78, 5) is 22.7. The lowest BCUT2D eigenvalue weighted by Gasteiger charge is -2.16. The first-order valence-electron chi connectivity index (χ1n) is 6.28. The van der Waals surface area contributed by atoms with E-state index < -0.39 is 0 Å². The highest BCUT2D eigenvalue weighted by Gasteiger charge is 2.18. The second-order valence-electron chi connectivity index (χ2n) is 4.77. The second-order valence-corrected chi connectivity index (χ2v) is 5.15. The fourth-order valence-electron chi connectivity index (χ4n) is 2.13. The molecule has 3 amide bonds. The minimum atomic E-state index is -0.389. The van der Waals surface area contributed by atoms with E-state index in [4.69, 9.17) is 11.6 Å². The Morgan fingerprint density at radius 2 is 2.00 bits per heavy atom. The molecule has 0 spiro atoms. The normalized spacial score (nSPS) is 24.8. The zero-order valence-electron chi connectivity index (χ0n) is 10.3. The van der Waals surface area contributed by atoms with Gasteiger partial charge in [-0.25, -0.2) is 4.79 Å². The van der Waals surface area contributed by atoms with Crippen molar-refractivity contribution in [3.8, 4) is 0 Å². The Balaban J connectivity index is 2.27. The summed E-state index contributed by atoms with van der Waals surface area (Å²) < 4.78 is 0. The first kappa shape index (κ1) is 14.3. The van der Waals surface area contributed by atoms with Gasteiger partial charge in [-0.15, -0.1) is 11.6 Å². The Morgan fingerprint density at radius 3 is 2.71 bits per heavy atom. The molecular weight excluding hydrogens is 240 g/mol. The summed E-state index contributed by atoms with van der Waals surface area (Å²) in [6.07, 6.45) is 5.68. The van der Waals surface area contributed by atoms with Crippen LogP contribution in [-0.2, 0) is 4.79 Å². The molecule has 98 valence electrons. The summed E-state index contributed by atoms with van der Waals surface area (Å²) >= 11 is 5.42. The number of carbonyl (C=O) groups excluding carboxylic acids is 2. The van der Waals surface area contributed by atoms with Crippen LogP contribution in [0.15, 0.2) is 0 Å². The summed E-state index contributed by atoms with van der Waals surface area (Å²) in [5.74, 6) is 0.655. The average Bonchev–Trinajstić information content (AvgIpc) is 2.44. The van der Waals surface area contributed by atoms with Gasteiger partial charge in [0.2, 0.25) is 5.91 Å². The van der Waals surface area contributed by atoms with Crippen molar-refractivity contribution in [2.24, 2.45) is 5.92 Å². The Bertz CT molecular complexity index is 271. The van der Waals surface area contributed by atoms with Crippen LogP contribution in [0.5, 0.6) is 0 Å². The molecule has 0 aliphatic heterocycles. The third-order valence-electron chi connectivity index (χ3n) is 3.17. The van der Waals surface area contributed by atoms with Crippen molar-refractivity contribution < 1.29 is 9.59 Å². The highest BCUT2D eigenvalue weighted by Crippen LogP contribution is 2.22.